The molecule has 0 N–H and O–H groups in total. The molecule has 710 valence electrons. The predicted octanol–water partition coefficient (Wildman–Crippen LogP) is 43.4. The normalized spacial score (nSPS) is 11.5. The smallest absolute Gasteiger partial charge is 0.0640 e. The minimum atomic E-state index is 1.12. The summed E-state index contributed by atoms with van der Waals surface area (Å²) in [5.41, 5.74) is 25.5. The molecule has 23 aromatic carbocycles. The number of para-hydroxylation sites is 7. The molecular weight excluding hydrogens is 1930 g/mol. The van der Waals surface area contributed by atoms with Crippen molar-refractivity contribution in [3.63, 3.8) is 0 Å². The number of anilines is 18. The fourth-order valence-corrected chi connectivity index (χ4v) is 28.7. The standard InChI is InChI=1S/2C48H32N2S2.C42H28N2S2/c1-4-14-33(15-5-1)34-26-28-37(29-27-34)49(35-16-6-2-7-17-35)43-23-12-21-41-47-42(22-13-25-45(47)52-48(41)43)50(36-18-8-3-9-19-36)38-30-31-40-39-20-10-11-24-44(39)51-46(40)32-38;1-4-14-33(15-5-1)34-26-28-37(29-27-34)50(38-30-31-40-39-20-10-11-24-44(39)51-46(40)32-38)42-22-13-25-45-47(42)41-21-12-23-43(48(41)52-45)49(35-16-6-2-7-17-35)36-18-8-3-9-19-36;1-4-14-29(15-5-1)43(30-16-6-2-7-17-30)37-23-12-21-35-41-36(22-13-25-39(41)46-42(35)37)44(31-18-8-3-9-19-31)32-26-27-34-33-20-10-11-24-38(33)45-40(34)28-32/h2*1-32H;1-28H. The number of rotatable bonds is 20. The van der Waals surface area contributed by atoms with Gasteiger partial charge in [0.1, 0.15) is 0 Å². The Hall–Kier alpha value is -17.8. The van der Waals surface area contributed by atoms with Gasteiger partial charge in [0.15, 0.2) is 0 Å². The van der Waals surface area contributed by atoms with E-state index in [0.29, 0.717) is 0 Å². The van der Waals surface area contributed by atoms with E-state index in [2.05, 4.69) is 588 Å². The van der Waals surface area contributed by atoms with Gasteiger partial charge in [0.25, 0.3) is 0 Å². The van der Waals surface area contributed by atoms with Crippen LogP contribution in [0.5, 0.6) is 0 Å². The molecule has 0 bridgehead atoms. The highest BCUT2D eigenvalue weighted by Gasteiger charge is 2.29. The van der Waals surface area contributed by atoms with Gasteiger partial charge in [-0.15, -0.1) is 68.0 Å². The van der Waals surface area contributed by atoms with Crippen molar-refractivity contribution >= 4 is 291 Å². The molecule has 0 atom stereocenters. The summed E-state index contributed by atoms with van der Waals surface area (Å²) < 4.78 is 15.4. The summed E-state index contributed by atoms with van der Waals surface area (Å²) in [7, 11) is 0. The summed E-state index contributed by atoms with van der Waals surface area (Å²) in [6.07, 6.45) is 0. The Morgan fingerprint density at radius 1 is 0.107 bits per heavy atom. The predicted molar refractivity (Wildman–Crippen MR) is 656 cm³/mol. The second kappa shape index (κ2) is 39.9. The van der Waals surface area contributed by atoms with E-state index in [9.17, 15) is 0 Å². The van der Waals surface area contributed by atoms with Gasteiger partial charge >= 0.3 is 0 Å². The van der Waals surface area contributed by atoms with Crippen LogP contribution in [0.3, 0.4) is 0 Å². The minimum absolute atomic E-state index is 1.12. The molecule has 0 radical (unpaired) electrons. The van der Waals surface area contributed by atoms with Gasteiger partial charge < -0.3 is 29.4 Å². The molecule has 29 rings (SSSR count). The Labute approximate surface area is 893 Å². The molecular formula is C138H92N6S6. The Bertz CT molecular complexity index is 9900. The zero-order valence-electron chi connectivity index (χ0n) is 81.2. The molecule has 0 aliphatic rings. The van der Waals surface area contributed by atoms with Crippen molar-refractivity contribution in [2.75, 3.05) is 29.4 Å². The van der Waals surface area contributed by atoms with E-state index in [1.807, 2.05) is 68.0 Å². The van der Waals surface area contributed by atoms with Crippen molar-refractivity contribution < 1.29 is 0 Å². The number of thiophene rings is 6. The Morgan fingerprint density at radius 2 is 0.287 bits per heavy atom. The van der Waals surface area contributed by atoms with Crippen LogP contribution in [-0.4, -0.2) is 0 Å². The number of fused-ring (bicyclic) bond motifs is 18. The van der Waals surface area contributed by atoms with Gasteiger partial charge in [-0.25, -0.2) is 0 Å². The maximum atomic E-state index is 2.45. The van der Waals surface area contributed by atoms with Gasteiger partial charge in [-0.1, -0.05) is 340 Å². The van der Waals surface area contributed by atoms with Crippen molar-refractivity contribution in [1.82, 2.24) is 0 Å². The van der Waals surface area contributed by atoms with Crippen LogP contribution in [0.2, 0.25) is 0 Å². The molecule has 0 unspecified atom stereocenters. The second-order valence-electron chi connectivity index (χ2n) is 37.2. The fourth-order valence-electron chi connectivity index (χ4n) is 21.6. The highest BCUT2D eigenvalue weighted by molar-refractivity contribution is 7.28. The summed E-state index contributed by atoms with van der Waals surface area (Å²) in [4.78, 5) is 14.5. The minimum Gasteiger partial charge on any atom is -0.310 e. The molecule has 0 aliphatic heterocycles. The molecule has 0 aliphatic carbocycles. The van der Waals surface area contributed by atoms with E-state index >= 15 is 0 Å². The molecule has 6 aromatic heterocycles. The largest absolute Gasteiger partial charge is 0.310 e. The molecule has 29 aromatic rings. The monoisotopic (exact) mass is 2020 g/mol. The van der Waals surface area contributed by atoms with E-state index in [1.54, 1.807) is 0 Å². The molecule has 12 heteroatoms. The van der Waals surface area contributed by atoms with Crippen LogP contribution < -0.4 is 29.4 Å². The van der Waals surface area contributed by atoms with Gasteiger partial charge in [-0.2, -0.15) is 0 Å². The first-order valence-corrected chi connectivity index (χ1v) is 55.4. The van der Waals surface area contributed by atoms with Crippen molar-refractivity contribution in [1.29, 1.82) is 0 Å². The van der Waals surface area contributed by atoms with Crippen LogP contribution in [-0.2, 0) is 0 Å². The number of hydrogen-bond acceptors (Lipinski definition) is 12. The van der Waals surface area contributed by atoms with E-state index in [-0.39, 0.29) is 0 Å². The zero-order chi connectivity index (χ0) is 99.3. The van der Waals surface area contributed by atoms with Crippen LogP contribution in [0.1, 0.15) is 0 Å². The molecule has 0 spiro atoms. The lowest BCUT2D eigenvalue weighted by Gasteiger charge is -2.27. The third-order valence-electron chi connectivity index (χ3n) is 28.3. The van der Waals surface area contributed by atoms with Gasteiger partial charge in [-0.3, -0.25) is 0 Å². The molecule has 6 heterocycles. The SMILES string of the molecule is c1ccc(-c2ccc(N(c3ccc4c(c3)sc3ccccc34)c3cccc4sc5c(N(c6ccccc6)c6ccccc6)cccc5c34)cc2)cc1.c1ccc(-c2ccc(N(c3ccccc3)c3cccc4c3sc3cccc(N(c5ccccc5)c5ccc6c(c5)sc5ccccc56)c34)cc2)cc1.c1ccc(N(c2ccccc2)c2cccc3c2sc2cccc(N(c4ccccc4)c4ccc5c(c4)sc4ccccc45)c23)cc1. The summed E-state index contributed by atoms with van der Waals surface area (Å²) in [6.45, 7) is 0. The Kier molecular flexibility index (Phi) is 24.2. The van der Waals surface area contributed by atoms with Gasteiger partial charge in [0.05, 0.1) is 48.2 Å². The van der Waals surface area contributed by atoms with Crippen molar-refractivity contribution in [2.24, 2.45) is 0 Å². The second-order valence-corrected chi connectivity index (χ2v) is 43.6. The lowest BCUT2D eigenvalue weighted by atomic mass is 10.0. The molecule has 0 saturated carbocycles. The molecule has 150 heavy (non-hydrogen) atoms. The molecule has 0 fully saturated rings. The first-order chi connectivity index (χ1) is 74.4. The fraction of sp³-hybridized carbons (Fsp3) is 0. The summed E-state index contributed by atoms with van der Waals surface area (Å²) in [6, 6.07) is 202. The lowest BCUT2D eigenvalue weighted by Crippen LogP contribution is -2.10. The van der Waals surface area contributed by atoms with E-state index < -0.39 is 0 Å². The quantitative estimate of drug-likeness (QED) is 0.0752. The third kappa shape index (κ3) is 16.9. The molecule has 6 nitrogen and oxygen atoms in total. The lowest BCUT2D eigenvalue weighted by molar-refractivity contribution is 1.30. The number of hydrogen-bond donors (Lipinski definition) is 0. The van der Waals surface area contributed by atoms with Crippen LogP contribution in [0, 0.1) is 0 Å². The Balaban J connectivity index is 0.000000111. The Morgan fingerprint density at radius 3 is 0.547 bits per heavy atom. The van der Waals surface area contributed by atoms with Gasteiger partial charge in [0.2, 0.25) is 0 Å². The average Bonchev–Trinajstić information content (AvgIpc) is 1.58. The topological polar surface area (TPSA) is 19.4 Å². The van der Waals surface area contributed by atoms with E-state index in [1.165, 1.54) is 177 Å². The van der Waals surface area contributed by atoms with Crippen molar-refractivity contribution in [3.8, 4) is 22.3 Å². The summed E-state index contributed by atoms with van der Waals surface area (Å²) in [5, 5.41) is 15.4. The maximum absolute atomic E-state index is 2.45. The van der Waals surface area contributed by atoms with Crippen LogP contribution in [0.15, 0.2) is 558 Å². The summed E-state index contributed by atoms with van der Waals surface area (Å²) in [5.74, 6) is 0. The van der Waals surface area contributed by atoms with Crippen molar-refractivity contribution in [3.05, 3.63) is 558 Å². The average molecular weight is 2030 g/mol. The van der Waals surface area contributed by atoms with Crippen LogP contribution in [0.25, 0.3) is 143 Å². The van der Waals surface area contributed by atoms with Gasteiger partial charge in [0, 0.05) is 175 Å². The third-order valence-corrected chi connectivity index (χ3v) is 35.3. The van der Waals surface area contributed by atoms with E-state index in [4.69, 9.17) is 0 Å². The highest BCUT2D eigenvalue weighted by Crippen LogP contribution is 2.56. The number of nitrogens with zero attached hydrogens (tertiary/aromatic N) is 6. The first kappa shape index (κ1) is 90.9. The van der Waals surface area contributed by atoms with E-state index in [0.717, 1.165) is 68.2 Å². The van der Waals surface area contributed by atoms with Crippen molar-refractivity contribution in [2.45, 2.75) is 0 Å². The van der Waals surface area contributed by atoms with Crippen LogP contribution >= 0.6 is 68.0 Å². The van der Waals surface area contributed by atoms with Crippen LogP contribution in [0.4, 0.5) is 102 Å². The van der Waals surface area contributed by atoms with Gasteiger partial charge in [-0.05, 0) is 241 Å². The zero-order valence-corrected chi connectivity index (χ0v) is 86.1. The molecule has 0 amide bonds. The maximum Gasteiger partial charge on any atom is 0.0640 e. The highest BCUT2D eigenvalue weighted by atomic mass is 32.1. The summed E-state index contributed by atoms with van der Waals surface area (Å²) >= 11 is 11.2. The first-order valence-electron chi connectivity index (χ1n) is 50.5. The molecule has 0 saturated heterocycles. The number of benzene rings is 23.